The lowest BCUT2D eigenvalue weighted by atomic mass is 10.0. The van der Waals surface area contributed by atoms with Gasteiger partial charge in [-0.15, -0.1) is 35.3 Å². The maximum absolute atomic E-state index is 10.2. The van der Waals surface area contributed by atoms with Crippen molar-refractivity contribution < 1.29 is 5.11 Å². The maximum Gasteiger partial charge on any atom is 0.191 e. The van der Waals surface area contributed by atoms with E-state index in [1.165, 1.54) is 11.3 Å². The first-order valence-electron chi connectivity index (χ1n) is 8.45. The molecule has 0 bridgehead atoms. The number of thiophene rings is 1. The first-order valence-corrected chi connectivity index (χ1v) is 9.64. The molecule has 1 aromatic heterocycles. The number of nitrogens with one attached hydrogen (secondary N) is 2. The number of halogens is 2. The van der Waals surface area contributed by atoms with Crippen molar-refractivity contribution in [3.05, 3.63) is 21.3 Å². The second-order valence-electron chi connectivity index (χ2n) is 6.51. The highest BCUT2D eigenvalue weighted by atomic mass is 127. The van der Waals surface area contributed by atoms with Gasteiger partial charge in [-0.05, 0) is 45.5 Å². The van der Waals surface area contributed by atoms with Gasteiger partial charge in [-0.3, -0.25) is 4.99 Å². The van der Waals surface area contributed by atoms with Crippen LogP contribution in [0.3, 0.4) is 0 Å². The van der Waals surface area contributed by atoms with Crippen molar-refractivity contribution in [2.75, 3.05) is 33.7 Å². The number of guanidine groups is 1. The summed E-state index contributed by atoms with van der Waals surface area (Å²) in [5, 5.41) is 16.7. The van der Waals surface area contributed by atoms with Gasteiger partial charge in [0, 0.05) is 24.0 Å². The van der Waals surface area contributed by atoms with E-state index < -0.39 is 6.10 Å². The summed E-state index contributed by atoms with van der Waals surface area (Å²) in [6.07, 6.45) is 0.512. The molecule has 2 unspecified atom stereocenters. The minimum Gasteiger partial charge on any atom is -0.386 e. The highest BCUT2D eigenvalue weighted by Crippen LogP contribution is 2.26. The van der Waals surface area contributed by atoms with Crippen molar-refractivity contribution in [1.82, 2.24) is 15.5 Å². The van der Waals surface area contributed by atoms with Gasteiger partial charge in [-0.2, -0.15) is 0 Å². The summed E-state index contributed by atoms with van der Waals surface area (Å²) in [6.45, 7) is 8.40. The molecule has 1 heterocycles. The number of aliphatic hydroxyl groups excluding tert-OH is 1. The smallest absolute Gasteiger partial charge is 0.191 e. The van der Waals surface area contributed by atoms with Gasteiger partial charge >= 0.3 is 0 Å². The second kappa shape index (κ2) is 13.1. The fourth-order valence-corrected chi connectivity index (χ4v) is 3.38. The predicted molar refractivity (Wildman–Crippen MR) is 121 cm³/mol. The van der Waals surface area contributed by atoms with Gasteiger partial charge in [-0.1, -0.05) is 25.4 Å². The van der Waals surface area contributed by atoms with Crippen molar-refractivity contribution >= 4 is 52.9 Å². The normalized spacial score (nSPS) is 14.4. The first kappa shape index (κ1) is 24.9. The lowest BCUT2D eigenvalue weighted by Crippen LogP contribution is -2.41. The molecule has 0 amide bonds. The molecule has 8 heteroatoms. The molecule has 146 valence electrons. The zero-order valence-corrected chi connectivity index (χ0v) is 19.7. The summed E-state index contributed by atoms with van der Waals surface area (Å²) < 4.78 is 0.687. The van der Waals surface area contributed by atoms with E-state index in [0.29, 0.717) is 22.8 Å². The van der Waals surface area contributed by atoms with E-state index in [9.17, 15) is 5.11 Å². The van der Waals surface area contributed by atoms with E-state index in [1.54, 1.807) is 6.07 Å². The highest BCUT2D eigenvalue weighted by Gasteiger charge is 2.14. The molecular weight excluding hydrogens is 471 g/mol. The minimum atomic E-state index is -0.591. The van der Waals surface area contributed by atoms with E-state index in [-0.39, 0.29) is 24.0 Å². The molecule has 5 nitrogen and oxygen atoms in total. The van der Waals surface area contributed by atoms with Crippen LogP contribution in [0, 0.1) is 5.92 Å². The largest absolute Gasteiger partial charge is 0.386 e. The molecule has 0 saturated carbocycles. The van der Waals surface area contributed by atoms with Crippen LogP contribution in [-0.2, 0) is 0 Å². The zero-order valence-electron chi connectivity index (χ0n) is 15.8. The summed E-state index contributed by atoms with van der Waals surface area (Å²) in [7, 11) is 4.18. The molecule has 0 saturated heterocycles. The van der Waals surface area contributed by atoms with E-state index in [1.807, 2.05) is 13.0 Å². The van der Waals surface area contributed by atoms with Crippen molar-refractivity contribution in [3.63, 3.8) is 0 Å². The lowest BCUT2D eigenvalue weighted by molar-refractivity contribution is 0.184. The number of aliphatic hydroxyl groups is 1. The van der Waals surface area contributed by atoms with Gasteiger partial charge in [0.05, 0.1) is 10.9 Å². The quantitative estimate of drug-likeness (QED) is 0.274. The van der Waals surface area contributed by atoms with Gasteiger partial charge in [0.15, 0.2) is 5.96 Å². The Morgan fingerprint density at radius 3 is 2.48 bits per heavy atom. The fraction of sp³-hybridized carbons (Fsp3) is 0.706. The molecule has 0 radical (unpaired) electrons. The average molecular weight is 503 g/mol. The fourth-order valence-electron chi connectivity index (χ4n) is 2.33. The standard InChI is InChI=1S/C17H31ClN4OS.HI/c1-6-19-17(20-10-13(22(4)5)9-12(2)3)21-11-14(23)15-7-8-16(18)24-15;/h7-8,12-14,23H,6,9-11H2,1-5H3,(H2,19,20,21);1H. The zero-order chi connectivity index (χ0) is 18.1. The van der Waals surface area contributed by atoms with Crippen molar-refractivity contribution in [3.8, 4) is 0 Å². The molecular formula is C17H32ClIN4OS. The molecule has 25 heavy (non-hydrogen) atoms. The molecule has 2 atom stereocenters. The maximum atomic E-state index is 10.2. The summed E-state index contributed by atoms with van der Waals surface area (Å²) in [6, 6.07) is 4.06. The Labute approximate surface area is 178 Å². The van der Waals surface area contributed by atoms with Crippen LogP contribution in [0.5, 0.6) is 0 Å². The van der Waals surface area contributed by atoms with Crippen LogP contribution in [0.1, 0.15) is 38.2 Å². The molecule has 0 aromatic carbocycles. The Bertz CT molecular complexity index is 511. The van der Waals surface area contributed by atoms with Crippen LogP contribution in [0.2, 0.25) is 4.34 Å². The van der Waals surface area contributed by atoms with Crippen LogP contribution in [0.25, 0.3) is 0 Å². The summed E-state index contributed by atoms with van der Waals surface area (Å²) in [5.74, 6) is 1.36. The van der Waals surface area contributed by atoms with E-state index >= 15 is 0 Å². The Kier molecular flexibility index (Phi) is 13.1. The van der Waals surface area contributed by atoms with Crippen LogP contribution < -0.4 is 10.6 Å². The molecule has 3 N–H and O–H groups in total. The van der Waals surface area contributed by atoms with Gasteiger partial charge in [0.25, 0.3) is 0 Å². The first-order chi connectivity index (χ1) is 11.3. The van der Waals surface area contributed by atoms with E-state index in [2.05, 4.69) is 48.5 Å². The monoisotopic (exact) mass is 502 g/mol. The molecule has 0 spiro atoms. The topological polar surface area (TPSA) is 59.9 Å². The van der Waals surface area contributed by atoms with Gasteiger partial charge < -0.3 is 20.6 Å². The third-order valence-corrected chi connectivity index (χ3v) is 5.00. The van der Waals surface area contributed by atoms with E-state index in [4.69, 9.17) is 11.6 Å². The number of likely N-dealkylation sites (N-methyl/N-ethyl adjacent to an activating group) is 1. The van der Waals surface area contributed by atoms with Gasteiger partial charge in [0.1, 0.15) is 6.10 Å². The summed E-state index contributed by atoms with van der Waals surface area (Å²) in [4.78, 5) is 7.75. The summed E-state index contributed by atoms with van der Waals surface area (Å²) >= 11 is 7.32. The van der Waals surface area contributed by atoms with Crippen LogP contribution in [-0.4, -0.2) is 55.7 Å². The van der Waals surface area contributed by atoms with Crippen molar-refractivity contribution in [2.24, 2.45) is 10.9 Å². The van der Waals surface area contributed by atoms with Gasteiger partial charge in [-0.25, -0.2) is 0 Å². The minimum absolute atomic E-state index is 0. The third kappa shape index (κ3) is 9.98. The van der Waals surface area contributed by atoms with Crippen LogP contribution >= 0.6 is 46.9 Å². The Morgan fingerprint density at radius 1 is 1.32 bits per heavy atom. The predicted octanol–water partition coefficient (Wildman–Crippen LogP) is 3.58. The van der Waals surface area contributed by atoms with Gasteiger partial charge in [0.2, 0.25) is 0 Å². The Morgan fingerprint density at radius 2 is 2.00 bits per heavy atom. The van der Waals surface area contributed by atoms with Crippen molar-refractivity contribution in [2.45, 2.75) is 39.3 Å². The van der Waals surface area contributed by atoms with E-state index in [0.717, 1.165) is 30.3 Å². The number of hydrogen-bond donors (Lipinski definition) is 3. The SMILES string of the molecule is CCNC(=NCC(CC(C)C)N(C)C)NCC(O)c1ccc(Cl)s1.I. The molecule has 0 aliphatic heterocycles. The van der Waals surface area contributed by atoms with Crippen LogP contribution in [0.15, 0.2) is 17.1 Å². The molecule has 0 aliphatic rings. The molecule has 1 rings (SSSR count). The summed E-state index contributed by atoms with van der Waals surface area (Å²) in [5.41, 5.74) is 0. The molecule has 0 aliphatic carbocycles. The third-order valence-electron chi connectivity index (χ3n) is 3.66. The molecule has 0 fully saturated rings. The number of rotatable bonds is 9. The Hall–Kier alpha value is -0.0900. The highest BCUT2D eigenvalue weighted by molar-refractivity contribution is 14.0. The molecule has 1 aromatic rings. The Balaban J connectivity index is 0.00000576. The number of hydrogen-bond acceptors (Lipinski definition) is 4. The number of nitrogens with zero attached hydrogens (tertiary/aromatic N) is 2. The lowest BCUT2D eigenvalue weighted by Gasteiger charge is -2.25. The van der Waals surface area contributed by atoms with Crippen molar-refractivity contribution in [1.29, 1.82) is 0 Å². The number of aliphatic imine (C=N–C) groups is 1. The second-order valence-corrected chi connectivity index (χ2v) is 8.25. The van der Waals surface area contributed by atoms with Crippen LogP contribution in [0.4, 0.5) is 0 Å². The average Bonchev–Trinajstić information content (AvgIpc) is 2.94.